The van der Waals surface area contributed by atoms with E-state index < -0.39 is 34.8 Å². The third kappa shape index (κ3) is 7.31. The van der Waals surface area contributed by atoms with Crippen LogP contribution < -0.4 is 0 Å². The number of hydrogen-bond acceptors (Lipinski definition) is 2. The van der Waals surface area contributed by atoms with Crippen molar-refractivity contribution in [2.24, 2.45) is 11.3 Å². The number of aliphatic carboxylic acids is 2. The zero-order valence-corrected chi connectivity index (χ0v) is 15.4. The van der Waals surface area contributed by atoms with Gasteiger partial charge in [-0.25, -0.2) is 0 Å². The SMILES string of the molecule is O=C(O)CC(=O)O.[CH2-][C@H]1CCC[C@]12CCC[C@@H]2[NH-].[Cl][Pt+2][Cl]. The minimum atomic E-state index is -1.31. The molecule has 2 aliphatic rings. The molecular formula is C13H21Cl2NO4Pt. The van der Waals surface area contributed by atoms with Crippen LogP contribution in [0.5, 0.6) is 0 Å². The van der Waals surface area contributed by atoms with Gasteiger partial charge < -0.3 is 22.9 Å². The van der Waals surface area contributed by atoms with Crippen molar-refractivity contribution in [2.75, 3.05) is 0 Å². The van der Waals surface area contributed by atoms with E-state index in [0.29, 0.717) is 11.3 Å². The quantitative estimate of drug-likeness (QED) is 0.422. The van der Waals surface area contributed by atoms with Gasteiger partial charge in [0.15, 0.2) is 0 Å². The van der Waals surface area contributed by atoms with Crippen molar-refractivity contribution in [1.82, 2.24) is 0 Å². The summed E-state index contributed by atoms with van der Waals surface area (Å²) in [5, 5.41) is 15.4. The molecule has 0 heterocycles. The number of carboxylic acid groups (broad SMARTS) is 2. The Balaban J connectivity index is 0.000000348. The van der Waals surface area contributed by atoms with Gasteiger partial charge >= 0.3 is 47.3 Å². The van der Waals surface area contributed by atoms with Crippen LogP contribution in [0.3, 0.4) is 0 Å². The van der Waals surface area contributed by atoms with E-state index in [1.54, 1.807) is 0 Å². The summed E-state index contributed by atoms with van der Waals surface area (Å²) in [5.74, 6) is -2.03. The Hall–Kier alpha value is 0.168. The molecule has 5 nitrogen and oxygen atoms in total. The van der Waals surface area contributed by atoms with E-state index in [4.69, 9.17) is 34.8 Å². The van der Waals surface area contributed by atoms with Gasteiger partial charge in [0.1, 0.15) is 6.42 Å². The molecule has 3 N–H and O–H groups in total. The summed E-state index contributed by atoms with van der Waals surface area (Å²) in [5.41, 5.74) is 8.33. The van der Waals surface area contributed by atoms with Gasteiger partial charge in [0.25, 0.3) is 0 Å². The van der Waals surface area contributed by atoms with Crippen LogP contribution in [0.1, 0.15) is 44.9 Å². The summed E-state index contributed by atoms with van der Waals surface area (Å²) in [7, 11) is 9.75. The van der Waals surface area contributed by atoms with Crippen LogP contribution in [-0.2, 0) is 26.1 Å². The second-order valence-corrected chi connectivity index (χ2v) is 8.56. The van der Waals surface area contributed by atoms with Crippen LogP contribution in [0.15, 0.2) is 0 Å². The van der Waals surface area contributed by atoms with Crippen molar-refractivity contribution in [3.8, 4) is 0 Å². The van der Waals surface area contributed by atoms with E-state index in [2.05, 4.69) is 6.92 Å². The van der Waals surface area contributed by atoms with Gasteiger partial charge in [-0.2, -0.15) is 5.92 Å². The first kappa shape index (κ1) is 21.2. The van der Waals surface area contributed by atoms with Gasteiger partial charge in [0.2, 0.25) is 0 Å². The van der Waals surface area contributed by atoms with Crippen LogP contribution >= 0.6 is 18.8 Å². The van der Waals surface area contributed by atoms with Gasteiger partial charge in [-0.15, -0.1) is 6.04 Å². The molecule has 0 unspecified atom stereocenters. The minimum absolute atomic E-state index is 0.215. The molecule has 8 heteroatoms. The molecule has 0 aromatic carbocycles. The fourth-order valence-electron chi connectivity index (χ4n) is 3.18. The average Bonchev–Trinajstić information content (AvgIpc) is 2.89. The monoisotopic (exact) mass is 520 g/mol. The topological polar surface area (TPSA) is 98.4 Å². The predicted octanol–water partition coefficient (Wildman–Crippen LogP) is 4.13. The molecular weight excluding hydrogens is 500 g/mol. The van der Waals surface area contributed by atoms with Gasteiger partial charge in [0, 0.05) is 0 Å². The first-order chi connectivity index (χ1) is 9.80. The van der Waals surface area contributed by atoms with Crippen molar-refractivity contribution in [2.45, 2.75) is 51.0 Å². The number of rotatable bonds is 2. The Bertz CT molecular complexity index is 314. The Labute approximate surface area is 141 Å². The van der Waals surface area contributed by atoms with Crippen LogP contribution in [0.4, 0.5) is 0 Å². The van der Waals surface area contributed by atoms with E-state index in [1.807, 2.05) is 0 Å². The molecule has 0 saturated heterocycles. The second kappa shape index (κ2) is 10.8. The fraction of sp³-hybridized carbons (Fsp3) is 0.769. The van der Waals surface area contributed by atoms with Gasteiger partial charge in [-0.1, -0.05) is 43.9 Å². The number of halogens is 2. The molecule has 0 aromatic rings. The summed E-state index contributed by atoms with van der Waals surface area (Å²) in [6.07, 6.45) is 6.77. The Kier molecular flexibility index (Phi) is 10.9. The van der Waals surface area contributed by atoms with Gasteiger partial charge in [-0.05, 0) is 0 Å². The molecule has 126 valence electrons. The summed E-state index contributed by atoms with van der Waals surface area (Å²) in [6.45, 7) is 4.20. The Morgan fingerprint density at radius 3 is 1.86 bits per heavy atom. The number of carbonyl (C=O) groups is 2. The maximum atomic E-state index is 9.43. The van der Waals surface area contributed by atoms with E-state index in [1.165, 1.54) is 32.1 Å². The fourth-order valence-corrected chi connectivity index (χ4v) is 3.18. The van der Waals surface area contributed by atoms with Gasteiger partial charge in [-0.3, -0.25) is 9.59 Å². The standard InChI is InChI=1S/C10H17N.C3H4O4.2ClH.Pt/c1-8-4-2-6-10(8)7-3-5-9(10)11;4-2(5)1-3(6)7;;;/h8-9,11H,1-7H2;1H2,(H,4,5)(H,6,7);2*1H;/q-2;;;;+4/p-2/t8-,9-,10-;;;;/m0..../s1. The Morgan fingerprint density at radius 2 is 1.62 bits per heavy atom. The van der Waals surface area contributed by atoms with Crippen molar-refractivity contribution in [3.63, 3.8) is 0 Å². The summed E-state index contributed by atoms with van der Waals surface area (Å²) in [4.78, 5) is 18.9. The summed E-state index contributed by atoms with van der Waals surface area (Å²) < 4.78 is 0. The predicted molar refractivity (Wildman–Crippen MR) is 78.7 cm³/mol. The number of nitrogens with one attached hydrogen (secondary N) is 1. The van der Waals surface area contributed by atoms with Crippen molar-refractivity contribution >= 4 is 30.8 Å². The first-order valence-electron chi connectivity index (χ1n) is 6.60. The Morgan fingerprint density at radius 1 is 1.19 bits per heavy atom. The van der Waals surface area contributed by atoms with E-state index >= 15 is 0 Å². The zero-order valence-electron chi connectivity index (χ0n) is 11.6. The third-order valence-corrected chi connectivity index (χ3v) is 4.14. The van der Waals surface area contributed by atoms with Crippen LogP contribution in [0, 0.1) is 18.3 Å². The third-order valence-electron chi connectivity index (χ3n) is 4.14. The maximum absolute atomic E-state index is 9.43. The molecule has 2 aliphatic carbocycles. The normalized spacial score (nSPS) is 30.3. The second-order valence-electron chi connectivity index (χ2n) is 5.28. The summed E-state index contributed by atoms with van der Waals surface area (Å²) >= 11 is -0.472. The van der Waals surface area contributed by atoms with Crippen LogP contribution in [0.25, 0.3) is 5.73 Å². The van der Waals surface area contributed by atoms with E-state index in [9.17, 15) is 9.59 Å². The zero-order chi connectivity index (χ0) is 16.5. The first-order valence-corrected chi connectivity index (χ1v) is 12.2. The molecule has 0 amide bonds. The number of carboxylic acids is 2. The van der Waals surface area contributed by atoms with E-state index in [0.717, 1.165) is 6.42 Å². The average molecular weight is 521 g/mol. The molecule has 0 aromatic heterocycles. The van der Waals surface area contributed by atoms with Crippen LogP contribution in [0.2, 0.25) is 0 Å². The molecule has 0 aliphatic heterocycles. The van der Waals surface area contributed by atoms with E-state index in [-0.39, 0.29) is 6.04 Å². The number of hydrogen-bond donors (Lipinski definition) is 2. The molecule has 21 heavy (non-hydrogen) atoms. The van der Waals surface area contributed by atoms with Crippen molar-refractivity contribution < 1.29 is 36.3 Å². The van der Waals surface area contributed by atoms with Crippen molar-refractivity contribution in [1.29, 1.82) is 0 Å². The molecule has 3 atom stereocenters. The van der Waals surface area contributed by atoms with Crippen LogP contribution in [-0.4, -0.2) is 28.2 Å². The van der Waals surface area contributed by atoms with Crippen molar-refractivity contribution in [3.05, 3.63) is 12.7 Å². The summed E-state index contributed by atoms with van der Waals surface area (Å²) in [6, 6.07) is 0.215. The molecule has 1 spiro atoms. The molecule has 0 bridgehead atoms. The molecule has 0 radical (unpaired) electrons. The molecule has 2 saturated carbocycles. The molecule has 2 rings (SSSR count). The molecule has 2 fully saturated rings. The van der Waals surface area contributed by atoms with Gasteiger partial charge in [0.05, 0.1) is 0 Å².